The zero-order valence-electron chi connectivity index (χ0n) is 16.4. The number of hydrogen-bond donors (Lipinski definition) is 0. The van der Waals surface area contributed by atoms with Crippen molar-refractivity contribution in [1.29, 1.82) is 0 Å². The van der Waals surface area contributed by atoms with Crippen molar-refractivity contribution < 1.29 is 19.1 Å². The van der Waals surface area contributed by atoms with Crippen molar-refractivity contribution in [2.24, 2.45) is 0 Å². The molecule has 1 aromatic carbocycles. The molecule has 2 unspecified atom stereocenters. The standard InChI is InChI=1S/C21H25N3O4/c1-15-12-23(13-16(2)28-15)21(26)24(19-6-4-5-11-22-19)14-17-7-9-18(10-8-17)20(25)27-3/h4-11,15-16H,12-14H2,1-3H3. The van der Waals surface area contributed by atoms with E-state index in [4.69, 9.17) is 9.47 Å². The summed E-state index contributed by atoms with van der Waals surface area (Å²) in [7, 11) is 1.35. The maximum atomic E-state index is 13.3. The van der Waals surface area contributed by atoms with Crippen LogP contribution in [0.4, 0.5) is 10.6 Å². The summed E-state index contributed by atoms with van der Waals surface area (Å²) in [6, 6.07) is 12.4. The molecule has 0 N–H and O–H groups in total. The third-order valence-electron chi connectivity index (χ3n) is 4.56. The van der Waals surface area contributed by atoms with Gasteiger partial charge in [0.15, 0.2) is 0 Å². The van der Waals surface area contributed by atoms with E-state index < -0.39 is 0 Å². The van der Waals surface area contributed by atoms with E-state index in [1.54, 1.807) is 28.1 Å². The van der Waals surface area contributed by atoms with Gasteiger partial charge in [-0.1, -0.05) is 18.2 Å². The lowest BCUT2D eigenvalue weighted by Gasteiger charge is -2.38. The predicted molar refractivity (Wildman–Crippen MR) is 105 cm³/mol. The summed E-state index contributed by atoms with van der Waals surface area (Å²) in [5.41, 5.74) is 1.36. The molecule has 1 saturated heterocycles. The number of anilines is 1. The molecule has 0 radical (unpaired) electrons. The van der Waals surface area contributed by atoms with E-state index in [1.165, 1.54) is 7.11 Å². The van der Waals surface area contributed by atoms with Gasteiger partial charge in [0.2, 0.25) is 0 Å². The van der Waals surface area contributed by atoms with E-state index in [2.05, 4.69) is 4.98 Å². The fourth-order valence-corrected chi connectivity index (χ4v) is 3.31. The monoisotopic (exact) mass is 383 g/mol. The maximum Gasteiger partial charge on any atom is 0.337 e. The Morgan fingerprint density at radius 3 is 2.39 bits per heavy atom. The summed E-state index contributed by atoms with van der Waals surface area (Å²) < 4.78 is 10.5. The molecule has 0 aliphatic carbocycles. The number of amides is 2. The average Bonchev–Trinajstić information content (AvgIpc) is 2.71. The molecule has 2 heterocycles. The zero-order chi connectivity index (χ0) is 20.1. The summed E-state index contributed by atoms with van der Waals surface area (Å²) in [6.07, 6.45) is 1.64. The minimum absolute atomic E-state index is 0.0161. The van der Waals surface area contributed by atoms with Crippen molar-refractivity contribution in [2.75, 3.05) is 25.1 Å². The number of nitrogens with zero attached hydrogens (tertiary/aromatic N) is 3. The van der Waals surface area contributed by atoms with Gasteiger partial charge < -0.3 is 14.4 Å². The minimum atomic E-state index is -0.388. The predicted octanol–water partition coefficient (Wildman–Crippen LogP) is 3.10. The smallest absolute Gasteiger partial charge is 0.337 e. The zero-order valence-corrected chi connectivity index (χ0v) is 16.4. The van der Waals surface area contributed by atoms with Crippen LogP contribution in [0.5, 0.6) is 0 Å². The van der Waals surface area contributed by atoms with Gasteiger partial charge in [0.1, 0.15) is 5.82 Å². The quantitative estimate of drug-likeness (QED) is 0.759. The highest BCUT2D eigenvalue weighted by Crippen LogP contribution is 2.20. The molecule has 2 amide bonds. The number of morpholine rings is 1. The Balaban J connectivity index is 1.83. The molecule has 2 aromatic rings. The largest absolute Gasteiger partial charge is 0.465 e. The number of carbonyl (C=O) groups is 2. The number of methoxy groups -OCH3 is 1. The number of benzene rings is 1. The minimum Gasteiger partial charge on any atom is -0.465 e. The van der Waals surface area contributed by atoms with Crippen molar-refractivity contribution in [3.63, 3.8) is 0 Å². The molecule has 1 aliphatic rings. The van der Waals surface area contributed by atoms with E-state index in [1.807, 2.05) is 44.2 Å². The number of hydrogen-bond acceptors (Lipinski definition) is 5. The molecule has 1 aliphatic heterocycles. The number of aromatic nitrogens is 1. The number of ether oxygens (including phenoxy) is 2. The highest BCUT2D eigenvalue weighted by atomic mass is 16.5. The lowest BCUT2D eigenvalue weighted by atomic mass is 10.1. The van der Waals surface area contributed by atoms with E-state index in [-0.39, 0.29) is 24.2 Å². The van der Waals surface area contributed by atoms with Crippen LogP contribution in [0.25, 0.3) is 0 Å². The highest BCUT2D eigenvalue weighted by molar-refractivity contribution is 5.91. The molecular formula is C21H25N3O4. The maximum absolute atomic E-state index is 13.3. The molecule has 28 heavy (non-hydrogen) atoms. The summed E-state index contributed by atoms with van der Waals surface area (Å²) in [5.74, 6) is 0.192. The lowest BCUT2D eigenvalue weighted by molar-refractivity contribution is -0.0538. The first-order valence-electron chi connectivity index (χ1n) is 9.28. The third-order valence-corrected chi connectivity index (χ3v) is 4.56. The van der Waals surface area contributed by atoms with Crippen LogP contribution in [0.3, 0.4) is 0 Å². The number of urea groups is 1. The Hall–Kier alpha value is -2.93. The molecule has 2 atom stereocenters. The van der Waals surface area contributed by atoms with Crippen LogP contribution in [-0.2, 0) is 16.0 Å². The second kappa shape index (κ2) is 8.84. The summed E-state index contributed by atoms with van der Waals surface area (Å²) >= 11 is 0. The summed E-state index contributed by atoms with van der Waals surface area (Å²) in [6.45, 7) is 5.35. The van der Waals surface area contributed by atoms with Crippen LogP contribution >= 0.6 is 0 Å². The molecule has 0 spiro atoms. The first-order chi connectivity index (χ1) is 13.5. The lowest BCUT2D eigenvalue weighted by Crippen LogP contribution is -2.53. The van der Waals surface area contributed by atoms with Crippen molar-refractivity contribution in [3.05, 3.63) is 59.8 Å². The van der Waals surface area contributed by atoms with Crippen LogP contribution < -0.4 is 4.90 Å². The van der Waals surface area contributed by atoms with Crippen LogP contribution in [0.15, 0.2) is 48.7 Å². The molecule has 7 heteroatoms. The Labute approximate surface area is 164 Å². The highest BCUT2D eigenvalue weighted by Gasteiger charge is 2.30. The Morgan fingerprint density at radius 2 is 1.82 bits per heavy atom. The van der Waals surface area contributed by atoms with E-state index in [9.17, 15) is 9.59 Å². The number of pyridine rings is 1. The van der Waals surface area contributed by atoms with Crippen molar-refractivity contribution in [3.8, 4) is 0 Å². The fraction of sp³-hybridized carbons (Fsp3) is 0.381. The van der Waals surface area contributed by atoms with Crippen LogP contribution in [-0.4, -0.2) is 54.3 Å². The van der Waals surface area contributed by atoms with E-state index >= 15 is 0 Å². The van der Waals surface area contributed by atoms with Gasteiger partial charge in [-0.25, -0.2) is 14.6 Å². The van der Waals surface area contributed by atoms with Gasteiger partial charge in [0, 0.05) is 19.3 Å². The second-order valence-electron chi connectivity index (χ2n) is 6.91. The van der Waals surface area contributed by atoms with Gasteiger partial charge in [-0.3, -0.25) is 4.90 Å². The Bertz CT molecular complexity index is 800. The van der Waals surface area contributed by atoms with Crippen molar-refractivity contribution >= 4 is 17.8 Å². The number of esters is 1. The van der Waals surface area contributed by atoms with Gasteiger partial charge in [-0.2, -0.15) is 0 Å². The summed E-state index contributed by atoms with van der Waals surface area (Å²) in [5, 5.41) is 0. The average molecular weight is 383 g/mol. The topological polar surface area (TPSA) is 72.0 Å². The molecule has 1 aromatic heterocycles. The SMILES string of the molecule is COC(=O)c1ccc(CN(C(=O)N2CC(C)OC(C)C2)c2ccccn2)cc1. The fourth-order valence-electron chi connectivity index (χ4n) is 3.31. The molecule has 0 bridgehead atoms. The molecule has 0 saturated carbocycles. The van der Waals surface area contributed by atoms with Gasteiger partial charge in [0.25, 0.3) is 0 Å². The van der Waals surface area contributed by atoms with Gasteiger partial charge >= 0.3 is 12.0 Å². The Morgan fingerprint density at radius 1 is 1.14 bits per heavy atom. The first-order valence-corrected chi connectivity index (χ1v) is 9.28. The summed E-state index contributed by atoms with van der Waals surface area (Å²) in [4.78, 5) is 32.7. The third kappa shape index (κ3) is 4.67. The van der Waals surface area contributed by atoms with E-state index in [0.29, 0.717) is 31.0 Å². The van der Waals surface area contributed by atoms with Crippen LogP contribution in [0.1, 0.15) is 29.8 Å². The van der Waals surface area contributed by atoms with Crippen LogP contribution in [0, 0.1) is 0 Å². The van der Waals surface area contributed by atoms with E-state index in [0.717, 1.165) is 5.56 Å². The van der Waals surface area contributed by atoms with Gasteiger partial charge in [0.05, 0.1) is 31.4 Å². The molecule has 148 valence electrons. The van der Waals surface area contributed by atoms with Crippen molar-refractivity contribution in [2.45, 2.75) is 32.6 Å². The first kappa shape index (κ1) is 19.8. The molecule has 3 rings (SSSR count). The van der Waals surface area contributed by atoms with Gasteiger partial charge in [-0.05, 0) is 43.7 Å². The van der Waals surface area contributed by atoms with Crippen LogP contribution in [0.2, 0.25) is 0 Å². The van der Waals surface area contributed by atoms with Crippen molar-refractivity contribution in [1.82, 2.24) is 9.88 Å². The number of carbonyl (C=O) groups excluding carboxylic acids is 2. The number of rotatable bonds is 4. The van der Waals surface area contributed by atoms with Gasteiger partial charge in [-0.15, -0.1) is 0 Å². The Kier molecular flexibility index (Phi) is 6.26. The molecular weight excluding hydrogens is 358 g/mol. The second-order valence-corrected chi connectivity index (χ2v) is 6.91. The molecule has 7 nitrogen and oxygen atoms in total. The normalized spacial score (nSPS) is 19.2. The molecule has 1 fully saturated rings.